The number of aromatic amines is 4. The Bertz CT molecular complexity index is 5580. The van der Waals surface area contributed by atoms with Gasteiger partial charge < -0.3 is 29.4 Å². The van der Waals surface area contributed by atoms with Crippen molar-refractivity contribution in [2.45, 2.75) is 6.42 Å². The minimum Gasteiger partial charge on any atom is -0.493 e. The second-order valence-corrected chi connectivity index (χ2v) is 25.3. The van der Waals surface area contributed by atoms with Gasteiger partial charge in [0.05, 0.1) is 58.8 Å². The molecule has 4 aliphatic heterocycles. The van der Waals surface area contributed by atoms with Gasteiger partial charge in [-0.3, -0.25) is 0 Å². The molecular weight excluding hydrogens is 1240 g/mol. The normalized spacial score (nSPS) is 12.1. The van der Waals surface area contributed by atoms with Crippen LogP contribution in [0.15, 0.2) is 279 Å². The van der Waals surface area contributed by atoms with E-state index >= 15 is 0 Å². The molecule has 0 saturated heterocycles. The first-order chi connectivity index (χ1) is 50.0. The first kappa shape index (κ1) is 60.0. The van der Waals surface area contributed by atoms with Crippen molar-refractivity contribution < 1.29 is 9.47 Å². The quantitative estimate of drug-likeness (QED) is 0.0802. The number of ether oxygens (including phenoxy) is 2. The molecule has 4 aliphatic rings. The zero-order valence-corrected chi connectivity index (χ0v) is 54.9. The second kappa shape index (κ2) is 26.2. The number of hydrogen-bond acceptors (Lipinski definition) is 6. The molecule has 16 bridgehead atoms. The van der Waals surface area contributed by atoms with Crippen molar-refractivity contribution in [2.75, 3.05) is 13.2 Å². The van der Waals surface area contributed by atoms with Gasteiger partial charge in [0.25, 0.3) is 0 Å². The highest BCUT2D eigenvalue weighted by Crippen LogP contribution is 2.42. The van der Waals surface area contributed by atoms with Crippen LogP contribution < -0.4 is 9.47 Å². The smallest absolute Gasteiger partial charge is 0.119 e. The molecular formula is C91H64N8O2. The molecule has 0 aliphatic carbocycles. The summed E-state index contributed by atoms with van der Waals surface area (Å²) in [6.45, 7) is 0.837. The molecule has 10 heterocycles. The van der Waals surface area contributed by atoms with Crippen molar-refractivity contribution in [3.63, 3.8) is 0 Å². The maximum absolute atomic E-state index is 6.66. The lowest BCUT2D eigenvalue weighted by molar-refractivity contribution is 0.247. The fourth-order valence-corrected chi connectivity index (χ4v) is 14.4. The van der Waals surface area contributed by atoms with Crippen LogP contribution in [0.5, 0.6) is 11.5 Å². The first-order valence-electron chi connectivity index (χ1n) is 34.2. The van der Waals surface area contributed by atoms with Gasteiger partial charge in [0.2, 0.25) is 0 Å². The summed E-state index contributed by atoms with van der Waals surface area (Å²) in [4.78, 5) is 37.6. The summed E-state index contributed by atoms with van der Waals surface area (Å²) in [5.41, 5.74) is 30.3. The highest BCUT2D eigenvalue weighted by molar-refractivity contribution is 6.03. The molecule has 0 fully saturated rings. The predicted molar refractivity (Wildman–Crippen MR) is 417 cm³/mol. The van der Waals surface area contributed by atoms with Gasteiger partial charge in [0, 0.05) is 95.1 Å². The third-order valence-electron chi connectivity index (χ3n) is 19.0. The van der Waals surface area contributed by atoms with E-state index in [9.17, 15) is 0 Å². The van der Waals surface area contributed by atoms with Crippen LogP contribution in [-0.4, -0.2) is 53.1 Å². The highest BCUT2D eigenvalue weighted by atomic mass is 16.5. The van der Waals surface area contributed by atoms with E-state index in [0.29, 0.717) is 19.6 Å². The fourth-order valence-electron chi connectivity index (χ4n) is 14.4. The molecule has 480 valence electrons. The van der Waals surface area contributed by atoms with Crippen molar-refractivity contribution in [2.24, 2.45) is 0 Å². The Kier molecular flexibility index (Phi) is 15.6. The summed E-state index contributed by atoms with van der Waals surface area (Å²) >= 11 is 0. The topological polar surface area (TPSA) is 133 Å². The average molecular weight is 1300 g/mol. The Morgan fingerprint density at radius 1 is 0.198 bits per heavy atom. The first-order valence-corrected chi connectivity index (χ1v) is 34.2. The van der Waals surface area contributed by atoms with Gasteiger partial charge >= 0.3 is 0 Å². The highest BCUT2D eigenvalue weighted by Gasteiger charge is 2.23. The van der Waals surface area contributed by atoms with Gasteiger partial charge in [-0.05, 0) is 166 Å². The molecule has 14 aromatic rings. The van der Waals surface area contributed by atoms with Gasteiger partial charge in [-0.15, -0.1) is 0 Å². The number of aromatic nitrogens is 8. The van der Waals surface area contributed by atoms with Crippen LogP contribution in [0, 0.1) is 0 Å². The number of nitrogens with zero attached hydrogens (tertiary/aromatic N) is 4. The molecule has 10 heteroatoms. The summed E-state index contributed by atoms with van der Waals surface area (Å²) in [7, 11) is 0. The zero-order chi connectivity index (χ0) is 67.0. The molecule has 0 spiro atoms. The van der Waals surface area contributed by atoms with Crippen molar-refractivity contribution >= 4 is 92.7 Å². The largest absolute Gasteiger partial charge is 0.493 e. The Morgan fingerprint density at radius 3 is 0.594 bits per heavy atom. The SMILES string of the molecule is C1=Cc2nc1c(-c1ccccc1)c1ccc([nH]1)c(-c1ccccc1)c1nc(c(-c3cccc(OCCCOc4cccc(-c5c6nc(c(-c7ccccc7)c7ccc([nH]7)c(-c7ccccc7)c7nc(c(-c8ccccc8)c8ccc5[nH]8)C=C7)C=C6)c4)c3)c3ccc([nH]3)c2-c2ccccc2)C=C1. The van der Waals surface area contributed by atoms with Crippen molar-refractivity contribution in [1.29, 1.82) is 0 Å². The van der Waals surface area contributed by atoms with Crippen LogP contribution >= 0.6 is 0 Å². The van der Waals surface area contributed by atoms with E-state index < -0.39 is 0 Å². The number of nitrogens with one attached hydrogen (secondary N) is 4. The average Bonchev–Trinajstić information content (AvgIpc) is 1.62. The Labute approximate surface area is 583 Å². The molecule has 4 N–H and O–H groups in total. The van der Waals surface area contributed by atoms with Gasteiger partial charge in [-0.25, -0.2) is 19.9 Å². The molecule has 0 unspecified atom stereocenters. The number of rotatable bonds is 14. The number of H-pyrrole nitrogens is 4. The van der Waals surface area contributed by atoms with Crippen molar-refractivity contribution in [3.05, 3.63) is 325 Å². The van der Waals surface area contributed by atoms with Gasteiger partial charge in [0.15, 0.2) is 0 Å². The van der Waals surface area contributed by atoms with Gasteiger partial charge in [0.1, 0.15) is 11.5 Å². The lowest BCUT2D eigenvalue weighted by Gasteiger charge is -2.11. The van der Waals surface area contributed by atoms with E-state index in [-0.39, 0.29) is 0 Å². The van der Waals surface area contributed by atoms with E-state index in [4.69, 9.17) is 29.4 Å². The van der Waals surface area contributed by atoms with E-state index in [0.717, 1.165) is 190 Å². The Hall–Kier alpha value is -13.4. The maximum Gasteiger partial charge on any atom is 0.119 e. The lowest BCUT2D eigenvalue weighted by Crippen LogP contribution is -2.05. The molecule has 0 amide bonds. The van der Waals surface area contributed by atoms with E-state index in [1.165, 1.54) is 0 Å². The number of fused-ring (bicyclic) bond motifs is 16. The van der Waals surface area contributed by atoms with Gasteiger partial charge in [-0.2, -0.15) is 0 Å². The minimum absolute atomic E-state index is 0.419. The third-order valence-corrected chi connectivity index (χ3v) is 19.0. The van der Waals surface area contributed by atoms with Crippen LogP contribution in [-0.2, 0) is 0 Å². The number of benzene rings is 8. The van der Waals surface area contributed by atoms with Crippen LogP contribution in [0.3, 0.4) is 0 Å². The zero-order valence-electron chi connectivity index (χ0n) is 54.9. The molecule has 8 aromatic carbocycles. The fraction of sp³-hybridized carbons (Fsp3) is 0.0330. The monoisotopic (exact) mass is 1300 g/mol. The lowest BCUT2D eigenvalue weighted by atomic mass is 10.0. The summed E-state index contributed by atoms with van der Waals surface area (Å²) < 4.78 is 13.3. The standard InChI is InChI=1S/C91H64N8O2/c1-7-22-58(23-8-1)84-68-38-42-72(92-68)86(60-26-11-3-12-27-60)76-46-50-80(96-76)90(81-51-47-77(97-81)87(61-28-13-4-14-29-61)73-43-39-69(84)93-73)64-34-19-36-66(56-64)100-54-21-55-101-67-37-20-35-65(57-67)91-82-52-48-78(98-82)88(62-30-15-5-16-31-62)74-44-40-70(94-74)85(59-24-9-2-10-25-59)71-41-45-75(95-71)89(63-32-17-6-18-33-63)79-49-53-83(91)99-79/h1-20,22-53,56-57,92,94,97,99H,21,54-55H2. The van der Waals surface area contributed by atoms with Crippen LogP contribution in [0.1, 0.15) is 52.0 Å². The summed E-state index contributed by atoms with van der Waals surface area (Å²) in [6.07, 6.45) is 17.7. The van der Waals surface area contributed by atoms with Crippen LogP contribution in [0.25, 0.3) is 182 Å². The molecule has 0 atom stereocenters. The second-order valence-electron chi connectivity index (χ2n) is 25.3. The summed E-state index contributed by atoms with van der Waals surface area (Å²) in [5.74, 6) is 1.47. The summed E-state index contributed by atoms with van der Waals surface area (Å²) in [5, 5.41) is 0. The molecule has 101 heavy (non-hydrogen) atoms. The van der Waals surface area contributed by atoms with Crippen LogP contribution in [0.4, 0.5) is 0 Å². The van der Waals surface area contributed by atoms with Crippen molar-refractivity contribution in [3.8, 4) is 101 Å². The van der Waals surface area contributed by atoms with Crippen LogP contribution in [0.2, 0.25) is 0 Å². The minimum atomic E-state index is 0.419. The molecule has 0 radical (unpaired) electrons. The van der Waals surface area contributed by atoms with E-state index in [1.807, 2.05) is 36.4 Å². The number of hydrogen-bond donors (Lipinski definition) is 4. The Balaban J connectivity index is 0.695. The molecule has 18 rings (SSSR count). The molecule has 0 saturated carbocycles. The predicted octanol–water partition coefficient (Wildman–Crippen LogP) is 22.8. The molecule has 10 nitrogen and oxygen atoms in total. The Morgan fingerprint density at radius 2 is 0.386 bits per heavy atom. The molecule has 6 aromatic heterocycles. The van der Waals surface area contributed by atoms with Gasteiger partial charge in [-0.1, -0.05) is 206 Å². The van der Waals surface area contributed by atoms with E-state index in [2.05, 4.69) is 311 Å². The van der Waals surface area contributed by atoms with Crippen molar-refractivity contribution in [1.82, 2.24) is 39.9 Å². The van der Waals surface area contributed by atoms with E-state index in [1.54, 1.807) is 0 Å². The maximum atomic E-state index is 6.66. The summed E-state index contributed by atoms with van der Waals surface area (Å²) in [6, 6.07) is 97.0. The third kappa shape index (κ3) is 11.6.